The molecule has 2 rings (SSSR count). The Labute approximate surface area is 175 Å². The van der Waals surface area contributed by atoms with Gasteiger partial charge in [0.05, 0.1) is 23.0 Å². The summed E-state index contributed by atoms with van der Waals surface area (Å²) in [5, 5.41) is 13.8. The number of anilines is 2. The van der Waals surface area contributed by atoms with Crippen LogP contribution in [0.3, 0.4) is 0 Å². The first kappa shape index (κ1) is 23.1. The van der Waals surface area contributed by atoms with Crippen LogP contribution >= 0.6 is 0 Å². The molecule has 0 fully saturated rings. The minimum absolute atomic E-state index is 0.00644. The fourth-order valence-corrected chi connectivity index (χ4v) is 4.09. The number of benzene rings is 2. The van der Waals surface area contributed by atoms with Gasteiger partial charge in [0.15, 0.2) is 0 Å². The Morgan fingerprint density at radius 3 is 2.23 bits per heavy atom. The van der Waals surface area contributed by atoms with Gasteiger partial charge in [-0.05, 0) is 57.5 Å². The highest BCUT2D eigenvalue weighted by Crippen LogP contribution is 2.29. The molecule has 30 heavy (non-hydrogen) atoms. The van der Waals surface area contributed by atoms with Crippen molar-refractivity contribution in [3.8, 4) is 5.75 Å². The lowest BCUT2D eigenvalue weighted by atomic mass is 10.1. The largest absolute Gasteiger partial charge is 0.491 e. The molecule has 0 spiro atoms. The first-order valence-corrected chi connectivity index (χ1v) is 11.1. The van der Waals surface area contributed by atoms with Gasteiger partial charge in [-0.25, -0.2) is 8.42 Å². The highest BCUT2D eigenvalue weighted by atomic mass is 32.2. The van der Waals surface area contributed by atoms with Gasteiger partial charge in [-0.1, -0.05) is 6.07 Å². The molecule has 0 aromatic heterocycles. The summed E-state index contributed by atoms with van der Waals surface area (Å²) < 4.78 is 31.4. The Kier molecular flexibility index (Phi) is 7.04. The summed E-state index contributed by atoms with van der Waals surface area (Å²) in [5.74, 6) is 0.0601. The number of nitrogens with one attached hydrogen (secondary N) is 1. The fraction of sp³-hybridized carbons (Fsp3) is 0.350. The van der Waals surface area contributed by atoms with Crippen LogP contribution in [0.25, 0.3) is 0 Å². The van der Waals surface area contributed by atoms with Crippen LogP contribution in [0.4, 0.5) is 17.1 Å². The Bertz CT molecular complexity index is 1040. The van der Waals surface area contributed by atoms with E-state index in [1.807, 2.05) is 13.8 Å². The number of carbonyl (C=O) groups is 1. The van der Waals surface area contributed by atoms with Crippen molar-refractivity contribution >= 4 is 33.0 Å². The molecule has 1 N–H and O–H groups in total. The molecule has 0 heterocycles. The van der Waals surface area contributed by atoms with Gasteiger partial charge in [0, 0.05) is 17.8 Å². The van der Waals surface area contributed by atoms with Gasteiger partial charge in [-0.3, -0.25) is 19.2 Å². The Hall–Kier alpha value is -3.14. The zero-order valence-corrected chi connectivity index (χ0v) is 18.3. The number of non-ortho nitro benzene ring substituents is 1. The minimum Gasteiger partial charge on any atom is -0.491 e. The predicted molar refractivity (Wildman–Crippen MR) is 115 cm³/mol. The topological polar surface area (TPSA) is 119 Å². The molecule has 9 nitrogen and oxygen atoms in total. The number of hydrogen-bond acceptors (Lipinski definition) is 6. The Morgan fingerprint density at radius 1 is 1.13 bits per heavy atom. The van der Waals surface area contributed by atoms with E-state index in [2.05, 4.69) is 5.32 Å². The zero-order chi connectivity index (χ0) is 22.6. The number of nitro benzene ring substituents is 1. The summed E-state index contributed by atoms with van der Waals surface area (Å²) in [5.41, 5.74) is 0.765. The summed E-state index contributed by atoms with van der Waals surface area (Å²) in [7, 11) is -3.91. The van der Waals surface area contributed by atoms with Crippen LogP contribution in [0.5, 0.6) is 5.75 Å². The SMILES string of the molecule is Cc1ccc([N+](=O)[O-])cc1N([C@H](C)C(=O)Nc1ccc(OC(C)C)cc1)S(C)(=O)=O. The van der Waals surface area contributed by atoms with E-state index in [1.54, 1.807) is 31.2 Å². The number of ether oxygens (including phenoxy) is 1. The van der Waals surface area contributed by atoms with Crippen LogP contribution in [0.1, 0.15) is 26.3 Å². The lowest BCUT2D eigenvalue weighted by molar-refractivity contribution is -0.384. The van der Waals surface area contributed by atoms with Crippen molar-refractivity contribution in [3.05, 3.63) is 58.1 Å². The molecule has 0 saturated carbocycles. The van der Waals surface area contributed by atoms with Gasteiger partial charge in [-0.15, -0.1) is 0 Å². The van der Waals surface area contributed by atoms with E-state index in [0.29, 0.717) is 17.0 Å². The molecule has 162 valence electrons. The normalized spacial score (nSPS) is 12.3. The van der Waals surface area contributed by atoms with E-state index in [1.165, 1.54) is 19.1 Å². The third-order valence-electron chi connectivity index (χ3n) is 4.22. The highest BCUT2D eigenvalue weighted by Gasteiger charge is 2.31. The van der Waals surface area contributed by atoms with Crippen molar-refractivity contribution in [3.63, 3.8) is 0 Å². The summed E-state index contributed by atoms with van der Waals surface area (Å²) >= 11 is 0. The standard InChI is InChI=1S/C20H25N3O6S/c1-13(2)29-18-10-7-16(8-11-18)21-20(24)15(4)22(30(5,27)28)19-12-17(23(25)26)9-6-14(19)3/h6-13,15H,1-5H3,(H,21,24)/t15-/m1/s1. The highest BCUT2D eigenvalue weighted by molar-refractivity contribution is 7.92. The summed E-state index contributed by atoms with van der Waals surface area (Å²) in [6, 6.07) is 9.41. The summed E-state index contributed by atoms with van der Waals surface area (Å²) in [4.78, 5) is 23.3. The fourth-order valence-electron chi connectivity index (χ4n) is 2.87. The van der Waals surface area contributed by atoms with Crippen LogP contribution in [-0.4, -0.2) is 37.6 Å². The quantitative estimate of drug-likeness (QED) is 0.501. The maximum atomic E-state index is 12.8. The van der Waals surface area contributed by atoms with E-state index in [-0.39, 0.29) is 17.5 Å². The summed E-state index contributed by atoms with van der Waals surface area (Å²) in [6.07, 6.45) is 0.958. The number of aryl methyl sites for hydroxylation is 1. The molecule has 0 aliphatic heterocycles. The molecule has 1 amide bonds. The van der Waals surface area contributed by atoms with E-state index in [0.717, 1.165) is 16.6 Å². The average molecular weight is 436 g/mol. The van der Waals surface area contributed by atoms with Gasteiger partial charge in [0.1, 0.15) is 11.8 Å². The number of rotatable bonds is 8. The molecule has 0 unspecified atom stereocenters. The molecule has 0 bridgehead atoms. The van der Waals surface area contributed by atoms with Crippen LogP contribution in [0.15, 0.2) is 42.5 Å². The molecular formula is C20H25N3O6S. The smallest absolute Gasteiger partial charge is 0.271 e. The predicted octanol–water partition coefficient (Wildman–Crippen LogP) is 3.48. The Balaban J connectivity index is 2.32. The van der Waals surface area contributed by atoms with E-state index < -0.39 is 26.9 Å². The van der Waals surface area contributed by atoms with E-state index in [9.17, 15) is 23.3 Å². The van der Waals surface area contributed by atoms with E-state index >= 15 is 0 Å². The van der Waals surface area contributed by atoms with Gasteiger partial charge >= 0.3 is 0 Å². The van der Waals surface area contributed by atoms with Gasteiger partial charge in [0.25, 0.3) is 5.69 Å². The van der Waals surface area contributed by atoms with Crippen molar-refractivity contribution in [2.75, 3.05) is 15.9 Å². The molecule has 0 aliphatic carbocycles. The van der Waals surface area contributed by atoms with Crippen molar-refractivity contribution in [1.82, 2.24) is 0 Å². The number of nitrogens with zero attached hydrogens (tertiary/aromatic N) is 2. The van der Waals surface area contributed by atoms with Gasteiger partial charge in [0.2, 0.25) is 15.9 Å². The van der Waals surface area contributed by atoms with Crippen molar-refractivity contribution < 1.29 is 22.9 Å². The van der Waals surface area contributed by atoms with E-state index in [4.69, 9.17) is 4.74 Å². The zero-order valence-electron chi connectivity index (χ0n) is 17.4. The molecule has 2 aromatic carbocycles. The second kappa shape index (κ2) is 9.12. The molecule has 10 heteroatoms. The molecule has 0 saturated heterocycles. The van der Waals surface area contributed by atoms with Crippen LogP contribution in [0, 0.1) is 17.0 Å². The maximum Gasteiger partial charge on any atom is 0.271 e. The number of carbonyl (C=O) groups excluding carboxylic acids is 1. The van der Waals surface area contributed by atoms with Gasteiger partial charge < -0.3 is 10.1 Å². The van der Waals surface area contributed by atoms with Crippen LogP contribution < -0.4 is 14.4 Å². The number of nitro groups is 1. The number of sulfonamides is 1. The summed E-state index contributed by atoms with van der Waals surface area (Å²) in [6.45, 7) is 6.83. The van der Waals surface area contributed by atoms with Crippen molar-refractivity contribution in [1.29, 1.82) is 0 Å². The Morgan fingerprint density at radius 2 is 1.73 bits per heavy atom. The number of amides is 1. The maximum absolute atomic E-state index is 12.8. The molecule has 0 aliphatic rings. The first-order chi connectivity index (χ1) is 13.9. The van der Waals surface area contributed by atoms with Gasteiger partial charge in [-0.2, -0.15) is 0 Å². The minimum atomic E-state index is -3.91. The third kappa shape index (κ3) is 5.69. The van der Waals surface area contributed by atoms with Crippen LogP contribution in [-0.2, 0) is 14.8 Å². The molecule has 2 aromatic rings. The lowest BCUT2D eigenvalue weighted by Gasteiger charge is -2.29. The number of hydrogen-bond donors (Lipinski definition) is 1. The molecule has 1 atom stereocenters. The first-order valence-electron chi connectivity index (χ1n) is 9.22. The van der Waals surface area contributed by atoms with Crippen LogP contribution in [0.2, 0.25) is 0 Å². The second-order valence-electron chi connectivity index (χ2n) is 7.14. The second-order valence-corrected chi connectivity index (χ2v) is 9.00. The molecular weight excluding hydrogens is 410 g/mol. The third-order valence-corrected chi connectivity index (χ3v) is 5.45. The molecule has 0 radical (unpaired) electrons. The van der Waals surface area contributed by atoms with Crippen molar-refractivity contribution in [2.24, 2.45) is 0 Å². The van der Waals surface area contributed by atoms with Crippen molar-refractivity contribution in [2.45, 2.75) is 39.8 Å². The average Bonchev–Trinajstić information content (AvgIpc) is 2.63. The lowest BCUT2D eigenvalue weighted by Crippen LogP contribution is -2.45. The monoisotopic (exact) mass is 435 g/mol.